The third-order valence-electron chi connectivity index (χ3n) is 3.27. The van der Waals surface area contributed by atoms with Gasteiger partial charge >= 0.3 is 0 Å². The quantitative estimate of drug-likeness (QED) is 0.640. The van der Waals surface area contributed by atoms with Crippen LogP contribution < -0.4 is 0 Å². The third-order valence-corrected chi connectivity index (χ3v) is 3.27. The van der Waals surface area contributed by atoms with E-state index in [2.05, 4.69) is 59.8 Å². The Morgan fingerprint density at radius 2 is 1.33 bits per heavy atom. The molecule has 1 radical (unpaired) electrons. The molecule has 0 bridgehead atoms. The minimum atomic E-state index is 0. The SMILES string of the molecule is CN1C=CN(Cc2[c-]c(CN3C=CN(C)[CH-]3)ccc2)[CH-]1.[Ir]. The summed E-state index contributed by atoms with van der Waals surface area (Å²) in [5.41, 5.74) is 2.41. The first-order valence-corrected chi connectivity index (χ1v) is 6.71. The van der Waals surface area contributed by atoms with E-state index in [0.717, 1.165) is 13.1 Å². The standard InChI is InChI=1S/C16H19N4.Ir/c1-17-6-8-19(13-17)11-15-4-3-5-16(10-15)12-20-9-7-18(2)14-20;/h3-9,13-14H,11-12H2,1-2H3;/q-3;. The van der Waals surface area contributed by atoms with Gasteiger partial charge in [-0.1, -0.05) is 0 Å². The zero-order valence-corrected chi connectivity index (χ0v) is 14.6. The molecule has 2 aliphatic rings. The van der Waals surface area contributed by atoms with Crippen LogP contribution in [0.4, 0.5) is 0 Å². The molecule has 0 aromatic heterocycles. The van der Waals surface area contributed by atoms with Crippen molar-refractivity contribution in [1.82, 2.24) is 19.6 Å². The number of rotatable bonds is 4. The van der Waals surface area contributed by atoms with Crippen molar-refractivity contribution in [3.63, 3.8) is 0 Å². The fraction of sp³-hybridized carbons (Fsp3) is 0.250. The summed E-state index contributed by atoms with van der Waals surface area (Å²) < 4.78 is 0. The van der Waals surface area contributed by atoms with Crippen LogP contribution in [0.3, 0.4) is 0 Å². The molecule has 1 aromatic carbocycles. The van der Waals surface area contributed by atoms with Crippen LogP contribution in [-0.4, -0.2) is 33.7 Å². The van der Waals surface area contributed by atoms with E-state index >= 15 is 0 Å². The summed E-state index contributed by atoms with van der Waals surface area (Å²) in [7, 11) is 4.06. The van der Waals surface area contributed by atoms with Gasteiger partial charge in [0, 0.05) is 20.1 Å². The summed E-state index contributed by atoms with van der Waals surface area (Å²) >= 11 is 0. The van der Waals surface area contributed by atoms with E-state index in [1.807, 2.05) is 36.3 Å². The van der Waals surface area contributed by atoms with Gasteiger partial charge in [-0.25, -0.2) is 0 Å². The molecule has 0 atom stereocenters. The smallest absolute Gasteiger partial charge is 0 e. The van der Waals surface area contributed by atoms with E-state index in [4.69, 9.17) is 0 Å². The predicted molar refractivity (Wildman–Crippen MR) is 78.8 cm³/mol. The predicted octanol–water partition coefficient (Wildman–Crippen LogP) is 2.16. The summed E-state index contributed by atoms with van der Waals surface area (Å²) in [6, 6.07) is 9.85. The van der Waals surface area contributed by atoms with Crippen molar-refractivity contribution in [3.05, 3.63) is 73.5 Å². The van der Waals surface area contributed by atoms with Crippen molar-refractivity contribution in [2.75, 3.05) is 14.1 Å². The van der Waals surface area contributed by atoms with Crippen molar-refractivity contribution >= 4 is 0 Å². The van der Waals surface area contributed by atoms with Crippen LogP contribution in [0.15, 0.2) is 43.0 Å². The molecule has 1 aromatic rings. The molecule has 4 nitrogen and oxygen atoms in total. The van der Waals surface area contributed by atoms with Crippen LogP contribution in [0, 0.1) is 19.4 Å². The molecule has 0 fully saturated rings. The monoisotopic (exact) mass is 460 g/mol. The van der Waals surface area contributed by atoms with Gasteiger partial charge in [-0.3, -0.25) is 0 Å². The summed E-state index contributed by atoms with van der Waals surface area (Å²) in [4.78, 5) is 8.41. The summed E-state index contributed by atoms with van der Waals surface area (Å²) in [6.45, 7) is 5.86. The first-order valence-electron chi connectivity index (χ1n) is 6.71. The fourth-order valence-corrected chi connectivity index (χ4v) is 2.34. The normalized spacial score (nSPS) is 16.9. The van der Waals surface area contributed by atoms with E-state index in [-0.39, 0.29) is 20.1 Å². The molecule has 0 saturated carbocycles. The number of benzene rings is 1. The van der Waals surface area contributed by atoms with Crippen molar-refractivity contribution in [2.45, 2.75) is 13.1 Å². The molecule has 2 heterocycles. The van der Waals surface area contributed by atoms with E-state index in [0.29, 0.717) is 0 Å². The summed E-state index contributed by atoms with van der Waals surface area (Å²) in [5, 5.41) is 0. The zero-order valence-electron chi connectivity index (χ0n) is 12.2. The van der Waals surface area contributed by atoms with Crippen molar-refractivity contribution in [2.24, 2.45) is 0 Å². The van der Waals surface area contributed by atoms with Gasteiger partial charge in [0.1, 0.15) is 0 Å². The number of hydrogen-bond donors (Lipinski definition) is 0. The van der Waals surface area contributed by atoms with E-state index in [9.17, 15) is 0 Å². The molecule has 0 aliphatic carbocycles. The van der Waals surface area contributed by atoms with Gasteiger partial charge in [-0.05, 0) is 52.0 Å². The average Bonchev–Trinajstić information content (AvgIpc) is 2.99. The Morgan fingerprint density at radius 1 is 0.857 bits per heavy atom. The second-order valence-electron chi connectivity index (χ2n) is 5.20. The zero-order chi connectivity index (χ0) is 13.9. The maximum absolute atomic E-state index is 3.50. The van der Waals surface area contributed by atoms with Gasteiger partial charge in [-0.2, -0.15) is 37.6 Å². The largest absolute Gasteiger partial charge is 0.511 e. The first-order chi connectivity index (χ1) is 9.69. The van der Waals surface area contributed by atoms with Gasteiger partial charge in [0.15, 0.2) is 0 Å². The van der Waals surface area contributed by atoms with E-state index < -0.39 is 0 Å². The molecular weight excluding hydrogens is 440 g/mol. The van der Waals surface area contributed by atoms with Gasteiger partial charge in [0.25, 0.3) is 0 Å². The Hall–Kier alpha value is -1.45. The summed E-state index contributed by atoms with van der Waals surface area (Å²) in [6.07, 6.45) is 8.24. The Morgan fingerprint density at radius 3 is 1.71 bits per heavy atom. The maximum atomic E-state index is 3.50. The topological polar surface area (TPSA) is 13.0 Å². The van der Waals surface area contributed by atoms with Crippen LogP contribution in [0.5, 0.6) is 0 Å². The first kappa shape index (κ1) is 15.9. The average molecular weight is 460 g/mol. The van der Waals surface area contributed by atoms with Gasteiger partial charge in [0.05, 0.1) is 0 Å². The molecular formula is C16H19IrN4-3. The summed E-state index contributed by atoms with van der Waals surface area (Å²) in [5.74, 6) is 0. The molecule has 0 unspecified atom stereocenters. The number of hydrogen-bond acceptors (Lipinski definition) is 4. The van der Waals surface area contributed by atoms with E-state index in [1.54, 1.807) is 0 Å². The molecule has 115 valence electrons. The Balaban J connectivity index is 0.00000161. The minimum absolute atomic E-state index is 0. The maximum Gasteiger partial charge on any atom is 0 e. The minimum Gasteiger partial charge on any atom is -0.511 e. The van der Waals surface area contributed by atoms with Crippen molar-refractivity contribution < 1.29 is 20.1 Å². The van der Waals surface area contributed by atoms with Gasteiger partial charge in [0.2, 0.25) is 0 Å². The number of nitrogens with zero attached hydrogens (tertiary/aromatic N) is 4. The second-order valence-corrected chi connectivity index (χ2v) is 5.20. The Bertz CT molecular complexity index is 486. The fourth-order valence-electron chi connectivity index (χ4n) is 2.34. The molecule has 5 heteroatoms. The molecule has 21 heavy (non-hydrogen) atoms. The van der Waals surface area contributed by atoms with Crippen LogP contribution in [0.2, 0.25) is 0 Å². The van der Waals surface area contributed by atoms with Gasteiger partial charge in [-0.15, -0.1) is 11.1 Å². The van der Waals surface area contributed by atoms with Crippen LogP contribution in [0.1, 0.15) is 11.1 Å². The van der Waals surface area contributed by atoms with Crippen molar-refractivity contribution in [1.29, 1.82) is 0 Å². The van der Waals surface area contributed by atoms with Gasteiger partial charge < -0.3 is 19.6 Å². The van der Waals surface area contributed by atoms with Crippen LogP contribution >= 0.6 is 0 Å². The molecule has 0 N–H and O–H groups in total. The molecule has 0 saturated heterocycles. The second kappa shape index (κ2) is 7.01. The van der Waals surface area contributed by atoms with Crippen LogP contribution in [0.25, 0.3) is 0 Å². The molecule has 2 aliphatic heterocycles. The van der Waals surface area contributed by atoms with Crippen LogP contribution in [-0.2, 0) is 33.2 Å². The molecule has 0 amide bonds. The Kier molecular flexibility index (Phi) is 5.32. The Labute approximate surface area is 140 Å². The molecule has 3 rings (SSSR count). The third kappa shape index (κ3) is 4.26. The molecule has 0 spiro atoms. The van der Waals surface area contributed by atoms with Crippen molar-refractivity contribution in [3.8, 4) is 0 Å². The van der Waals surface area contributed by atoms with E-state index in [1.165, 1.54) is 11.1 Å².